The first-order chi connectivity index (χ1) is 9.30. The normalized spacial score (nSPS) is 15.4. The largest absolute Gasteiger partial charge is 0.584 e. The summed E-state index contributed by atoms with van der Waals surface area (Å²) in [6.45, 7) is 19.4. The minimum atomic E-state index is -3.20. The summed E-state index contributed by atoms with van der Waals surface area (Å²) >= 11 is 0. The first kappa shape index (κ1) is 20.7. The molecule has 124 valence electrons. The molecule has 0 aliphatic carbocycles. The summed E-state index contributed by atoms with van der Waals surface area (Å²) in [4.78, 5) is 12.0. The number of rotatable bonds is 9. The van der Waals surface area contributed by atoms with E-state index in [4.69, 9.17) is 17.7 Å². The zero-order valence-corrected chi connectivity index (χ0v) is 17.7. The maximum absolute atomic E-state index is 12.0. The third kappa shape index (κ3) is 9.38. The molecule has 0 heterocycles. The van der Waals surface area contributed by atoms with E-state index in [2.05, 4.69) is 6.58 Å². The zero-order chi connectivity index (χ0) is 16.9. The Morgan fingerprint density at radius 3 is 1.86 bits per heavy atom. The van der Waals surface area contributed by atoms with Crippen molar-refractivity contribution in [2.24, 2.45) is 0 Å². The van der Waals surface area contributed by atoms with Gasteiger partial charge in [0.2, 0.25) is 8.32 Å². The first-order valence-corrected chi connectivity index (χ1v) is 16.0. The second-order valence-corrected chi connectivity index (χ2v) is 18.8. The van der Waals surface area contributed by atoms with Crippen molar-refractivity contribution in [1.82, 2.24) is 0 Å². The lowest BCUT2D eigenvalue weighted by Gasteiger charge is -2.35. The molecule has 0 aromatic heterocycles. The Morgan fingerprint density at radius 2 is 1.52 bits per heavy atom. The van der Waals surface area contributed by atoms with E-state index in [0.29, 0.717) is 11.6 Å². The van der Waals surface area contributed by atoms with Crippen LogP contribution in [0.15, 0.2) is 12.2 Å². The molecule has 8 heteroatoms. The van der Waals surface area contributed by atoms with Crippen molar-refractivity contribution < 1.29 is 22.5 Å². The Balaban J connectivity index is 5.31. The second kappa shape index (κ2) is 7.84. The lowest BCUT2D eigenvalue weighted by molar-refractivity contribution is -0.172. The molecule has 0 bridgehead atoms. The summed E-state index contributed by atoms with van der Waals surface area (Å²) in [7, 11) is -7.08. The second-order valence-electron chi connectivity index (χ2n) is 7.10. The fourth-order valence-corrected chi connectivity index (χ4v) is 8.63. The lowest BCUT2D eigenvalue weighted by atomic mass is 10.4. The Hall–Kier alpha value is -0.259. The molecular weight excluding hydrogens is 320 g/mol. The van der Waals surface area contributed by atoms with E-state index in [1.54, 1.807) is 6.92 Å². The fourth-order valence-electron chi connectivity index (χ4n) is 1.39. The number of carbonyl (C=O) groups is 1. The van der Waals surface area contributed by atoms with Gasteiger partial charge in [0.05, 0.1) is 0 Å². The molecule has 0 amide bonds. The molecule has 0 fully saturated rings. The van der Waals surface area contributed by atoms with Crippen molar-refractivity contribution in [1.29, 1.82) is 0 Å². The standard InChI is InChI=1S/C13H30O5Si3/c1-10-11-21(18-20(7,8)9,15-13(14)12(2)3)17-16-19(4,5)6/h2,10-11H2,1,3-9H3. The van der Waals surface area contributed by atoms with Crippen LogP contribution in [0, 0.1) is 0 Å². The molecule has 0 N–H and O–H groups in total. The maximum Gasteiger partial charge on any atom is 0.584 e. The van der Waals surface area contributed by atoms with Crippen LogP contribution in [0.5, 0.6) is 0 Å². The van der Waals surface area contributed by atoms with Gasteiger partial charge in [-0.25, -0.2) is 9.37 Å². The van der Waals surface area contributed by atoms with Crippen LogP contribution < -0.4 is 0 Å². The molecule has 1 unspecified atom stereocenters. The molecule has 21 heavy (non-hydrogen) atoms. The number of hydrogen-bond acceptors (Lipinski definition) is 5. The molecule has 0 spiro atoms. The molecule has 5 nitrogen and oxygen atoms in total. The van der Waals surface area contributed by atoms with E-state index in [1.165, 1.54) is 0 Å². The summed E-state index contributed by atoms with van der Waals surface area (Å²) in [5, 5.41) is 0. The van der Waals surface area contributed by atoms with Crippen LogP contribution in [-0.2, 0) is 22.5 Å². The van der Waals surface area contributed by atoms with Gasteiger partial charge in [0.15, 0.2) is 8.32 Å². The van der Waals surface area contributed by atoms with Crippen molar-refractivity contribution >= 4 is 31.4 Å². The highest BCUT2D eigenvalue weighted by molar-refractivity contribution is 6.80. The van der Waals surface area contributed by atoms with Gasteiger partial charge in [-0.1, -0.05) is 19.9 Å². The SMILES string of the molecule is C=C(C)C(=O)O[Si](CCC)(OO[Si](C)(C)C)O[Si](C)(C)C. The highest BCUT2D eigenvalue weighted by Gasteiger charge is 2.50. The summed E-state index contributed by atoms with van der Waals surface area (Å²) in [5.41, 5.74) is 0.332. The molecule has 0 saturated heterocycles. The van der Waals surface area contributed by atoms with Gasteiger partial charge in [0.25, 0.3) is 0 Å². The van der Waals surface area contributed by atoms with Crippen LogP contribution in [0.3, 0.4) is 0 Å². The van der Waals surface area contributed by atoms with E-state index in [-0.39, 0.29) is 0 Å². The van der Waals surface area contributed by atoms with Crippen LogP contribution in [0.1, 0.15) is 20.3 Å². The smallest absolute Gasteiger partial charge is 0.469 e. The van der Waals surface area contributed by atoms with Crippen LogP contribution in [0.25, 0.3) is 0 Å². The lowest BCUT2D eigenvalue weighted by Crippen LogP contribution is -2.54. The minimum Gasteiger partial charge on any atom is -0.469 e. The highest BCUT2D eigenvalue weighted by Crippen LogP contribution is 2.25. The van der Waals surface area contributed by atoms with Gasteiger partial charge >= 0.3 is 14.8 Å². The minimum absolute atomic E-state index is 0.332. The predicted octanol–water partition coefficient (Wildman–Crippen LogP) is 4.09. The average Bonchev–Trinajstić information content (AvgIpc) is 2.23. The summed E-state index contributed by atoms with van der Waals surface area (Å²) in [6.07, 6.45) is 0.787. The molecule has 0 saturated carbocycles. The molecule has 1 atom stereocenters. The van der Waals surface area contributed by atoms with Gasteiger partial charge in [0, 0.05) is 11.6 Å². The van der Waals surface area contributed by atoms with Gasteiger partial charge in [-0.15, -0.1) is 0 Å². The highest BCUT2D eigenvalue weighted by atomic mass is 28.5. The van der Waals surface area contributed by atoms with Crippen molar-refractivity contribution in [2.75, 3.05) is 0 Å². The van der Waals surface area contributed by atoms with Crippen LogP contribution in [0.2, 0.25) is 45.3 Å². The molecular formula is C13H30O5Si3. The third-order valence-corrected chi connectivity index (χ3v) is 8.42. The predicted molar refractivity (Wildman–Crippen MR) is 91.7 cm³/mol. The van der Waals surface area contributed by atoms with Crippen LogP contribution in [-0.4, -0.2) is 31.4 Å². The monoisotopic (exact) mass is 350 g/mol. The Morgan fingerprint density at radius 1 is 1.00 bits per heavy atom. The fraction of sp³-hybridized carbons (Fsp3) is 0.769. The Bertz CT molecular complexity index is 373. The van der Waals surface area contributed by atoms with E-state index < -0.39 is 31.4 Å². The quantitative estimate of drug-likeness (QED) is 0.271. The van der Waals surface area contributed by atoms with E-state index in [1.807, 2.05) is 46.2 Å². The number of carbonyl (C=O) groups excluding carboxylic acids is 1. The van der Waals surface area contributed by atoms with Crippen LogP contribution >= 0.6 is 0 Å². The van der Waals surface area contributed by atoms with Gasteiger partial charge in [-0.05, 0) is 46.2 Å². The van der Waals surface area contributed by atoms with E-state index >= 15 is 0 Å². The van der Waals surface area contributed by atoms with E-state index in [9.17, 15) is 4.79 Å². The topological polar surface area (TPSA) is 54.0 Å². The van der Waals surface area contributed by atoms with Gasteiger partial charge in [-0.3, -0.25) is 4.58 Å². The molecule has 0 aromatic rings. The van der Waals surface area contributed by atoms with Crippen molar-refractivity contribution in [2.45, 2.75) is 65.6 Å². The van der Waals surface area contributed by atoms with Gasteiger partial charge in [0.1, 0.15) is 0 Å². The van der Waals surface area contributed by atoms with Crippen molar-refractivity contribution in [3.63, 3.8) is 0 Å². The molecule has 0 aliphatic heterocycles. The Kier molecular flexibility index (Phi) is 7.74. The molecule has 0 rings (SSSR count). The van der Waals surface area contributed by atoms with Crippen LogP contribution in [0.4, 0.5) is 0 Å². The third-order valence-electron chi connectivity index (χ3n) is 2.03. The summed E-state index contributed by atoms with van der Waals surface area (Å²) < 4.78 is 23.0. The van der Waals surface area contributed by atoms with E-state index in [0.717, 1.165) is 6.42 Å². The number of hydrogen-bond donors (Lipinski definition) is 0. The average molecular weight is 351 g/mol. The summed E-state index contributed by atoms with van der Waals surface area (Å²) in [5.74, 6) is -0.479. The van der Waals surface area contributed by atoms with Gasteiger partial charge in [-0.2, -0.15) is 0 Å². The first-order valence-electron chi connectivity index (χ1n) is 7.26. The van der Waals surface area contributed by atoms with Gasteiger partial charge < -0.3 is 8.54 Å². The van der Waals surface area contributed by atoms with Crippen molar-refractivity contribution in [3.05, 3.63) is 12.2 Å². The molecule has 0 radical (unpaired) electrons. The zero-order valence-electron chi connectivity index (χ0n) is 14.7. The maximum atomic E-state index is 12.0. The molecule has 0 aromatic carbocycles. The molecule has 0 aliphatic rings. The Labute approximate surface area is 132 Å². The summed E-state index contributed by atoms with van der Waals surface area (Å²) in [6, 6.07) is 0.542. The van der Waals surface area contributed by atoms with Crippen molar-refractivity contribution in [3.8, 4) is 0 Å².